The zero-order valence-electron chi connectivity index (χ0n) is 22.6. The highest BCUT2D eigenvalue weighted by Crippen LogP contribution is 2.40. The molecule has 1 aliphatic carbocycles. The quantitative estimate of drug-likeness (QED) is 0.229. The second-order valence-electron chi connectivity index (χ2n) is 10.5. The Morgan fingerprint density at radius 1 is 0.811 bits per heavy atom. The highest BCUT2D eigenvalue weighted by molar-refractivity contribution is 6.20. The van der Waals surface area contributed by atoms with Gasteiger partial charge in [0.2, 0.25) is 5.69 Å². The van der Waals surface area contributed by atoms with E-state index in [-0.39, 0.29) is 0 Å². The van der Waals surface area contributed by atoms with Crippen LogP contribution >= 0.6 is 0 Å². The van der Waals surface area contributed by atoms with E-state index in [1.165, 1.54) is 39.3 Å². The lowest BCUT2D eigenvalue weighted by Crippen LogP contribution is -2.30. The number of fused-ring (bicyclic) bond motifs is 5. The van der Waals surface area contributed by atoms with Gasteiger partial charge in [0.05, 0.1) is 5.56 Å². The van der Waals surface area contributed by atoms with Gasteiger partial charge in [-0.05, 0) is 64.8 Å². The van der Waals surface area contributed by atoms with Gasteiger partial charge in [-0.15, -0.1) is 0 Å². The standard InChI is InChI=1S/C35H32NO/c1-23-12-18-30-34-29-11-7-6-10-27(29)17-19-32(34)37-35(30)33(23)31-22-28(20-21-36(31)2)26-15-13-25(14-16-26)24-8-4-3-5-9-24/h6-7,10-22,24H,3-5,8-9H2,1-2H3/q+1/i24D. The minimum absolute atomic E-state index is 0.427. The van der Waals surface area contributed by atoms with Crippen LogP contribution in [0.5, 0.6) is 0 Å². The number of nitrogens with zero attached hydrogens (tertiary/aromatic N) is 1. The SMILES string of the molecule is [2H]C1(c2ccc(-c3cc[n+](C)c(-c4c(C)ccc5c4oc4ccc6ccccc6c45)c3)cc2)CCCCC1. The van der Waals surface area contributed by atoms with Crippen molar-refractivity contribution in [2.24, 2.45) is 7.05 Å². The second-order valence-corrected chi connectivity index (χ2v) is 10.5. The summed E-state index contributed by atoms with van der Waals surface area (Å²) >= 11 is 0. The first-order valence-corrected chi connectivity index (χ1v) is 13.5. The van der Waals surface area contributed by atoms with Crippen molar-refractivity contribution in [2.45, 2.75) is 44.9 Å². The summed E-state index contributed by atoms with van der Waals surface area (Å²) in [6.07, 6.45) is 7.65. The largest absolute Gasteiger partial charge is 0.455 e. The minimum atomic E-state index is -0.427. The first kappa shape index (κ1) is 21.2. The van der Waals surface area contributed by atoms with Crippen LogP contribution in [-0.4, -0.2) is 0 Å². The summed E-state index contributed by atoms with van der Waals surface area (Å²) in [4.78, 5) is 0. The van der Waals surface area contributed by atoms with E-state index in [9.17, 15) is 0 Å². The molecule has 0 radical (unpaired) electrons. The van der Waals surface area contributed by atoms with Gasteiger partial charge in [-0.25, -0.2) is 4.57 Å². The topological polar surface area (TPSA) is 17.0 Å². The van der Waals surface area contributed by atoms with Crippen LogP contribution in [0.4, 0.5) is 0 Å². The Labute approximate surface area is 219 Å². The van der Waals surface area contributed by atoms with E-state index in [0.29, 0.717) is 0 Å². The van der Waals surface area contributed by atoms with Crippen molar-refractivity contribution in [3.8, 4) is 22.4 Å². The fraction of sp³-hybridized carbons (Fsp3) is 0.229. The fourth-order valence-electron chi connectivity index (χ4n) is 6.19. The van der Waals surface area contributed by atoms with E-state index >= 15 is 0 Å². The summed E-state index contributed by atoms with van der Waals surface area (Å²) < 4.78 is 17.8. The molecule has 37 heavy (non-hydrogen) atoms. The van der Waals surface area contributed by atoms with Crippen LogP contribution < -0.4 is 4.57 Å². The predicted molar refractivity (Wildman–Crippen MR) is 154 cm³/mol. The molecule has 4 aromatic carbocycles. The predicted octanol–water partition coefficient (Wildman–Crippen LogP) is 9.25. The molecule has 0 bridgehead atoms. The Kier molecular flexibility index (Phi) is 5.09. The zero-order valence-corrected chi connectivity index (χ0v) is 21.6. The van der Waals surface area contributed by atoms with Crippen LogP contribution in [0.1, 0.15) is 50.5 Å². The third kappa shape index (κ3) is 3.74. The molecule has 0 amide bonds. The van der Waals surface area contributed by atoms with Gasteiger partial charge < -0.3 is 4.42 Å². The molecule has 0 saturated heterocycles. The van der Waals surface area contributed by atoms with Crippen molar-refractivity contribution in [2.75, 3.05) is 0 Å². The molecule has 1 fully saturated rings. The molecule has 0 atom stereocenters. The number of furan rings is 1. The van der Waals surface area contributed by atoms with Crippen molar-refractivity contribution < 1.29 is 10.4 Å². The average molecular weight is 484 g/mol. The monoisotopic (exact) mass is 483 g/mol. The van der Waals surface area contributed by atoms with Gasteiger partial charge in [0, 0.05) is 24.3 Å². The minimum Gasteiger partial charge on any atom is -0.455 e. The second kappa shape index (κ2) is 8.88. The molecule has 1 aliphatic rings. The summed E-state index contributed by atoms with van der Waals surface area (Å²) in [6, 6.07) is 30.4. The van der Waals surface area contributed by atoms with E-state index < -0.39 is 5.89 Å². The van der Waals surface area contributed by atoms with Crippen molar-refractivity contribution in [1.82, 2.24) is 0 Å². The lowest BCUT2D eigenvalue weighted by Gasteiger charge is -2.22. The van der Waals surface area contributed by atoms with Crippen LogP contribution in [0.15, 0.2) is 95.5 Å². The molecule has 7 rings (SSSR count). The van der Waals surface area contributed by atoms with Crippen LogP contribution in [0.25, 0.3) is 55.1 Å². The van der Waals surface area contributed by atoms with E-state index in [2.05, 4.69) is 110 Å². The van der Waals surface area contributed by atoms with Crippen LogP contribution in [0.3, 0.4) is 0 Å². The van der Waals surface area contributed by atoms with Crippen LogP contribution in [0, 0.1) is 6.92 Å². The van der Waals surface area contributed by atoms with Crippen molar-refractivity contribution >= 4 is 32.7 Å². The molecule has 2 heterocycles. The number of aryl methyl sites for hydroxylation is 2. The number of aromatic nitrogens is 1. The highest BCUT2D eigenvalue weighted by atomic mass is 16.3. The lowest BCUT2D eigenvalue weighted by atomic mass is 9.83. The number of hydrogen-bond acceptors (Lipinski definition) is 1. The van der Waals surface area contributed by atoms with Gasteiger partial charge in [-0.2, -0.15) is 0 Å². The molecule has 182 valence electrons. The molecular weight excluding hydrogens is 450 g/mol. The fourth-order valence-corrected chi connectivity index (χ4v) is 6.19. The molecule has 1 saturated carbocycles. The third-order valence-corrected chi connectivity index (χ3v) is 8.23. The van der Waals surface area contributed by atoms with Gasteiger partial charge in [-0.1, -0.05) is 86.0 Å². The zero-order chi connectivity index (χ0) is 25.9. The van der Waals surface area contributed by atoms with Gasteiger partial charge >= 0.3 is 0 Å². The van der Waals surface area contributed by atoms with Gasteiger partial charge in [0.15, 0.2) is 6.20 Å². The van der Waals surface area contributed by atoms with Gasteiger partial charge in [0.25, 0.3) is 0 Å². The summed E-state index contributed by atoms with van der Waals surface area (Å²) in [5.74, 6) is -0.427. The van der Waals surface area contributed by atoms with E-state index in [4.69, 9.17) is 5.79 Å². The Bertz CT molecular complexity index is 1820. The molecule has 0 aliphatic heterocycles. The summed E-state index contributed by atoms with van der Waals surface area (Å²) in [5.41, 5.74) is 8.81. The number of rotatable bonds is 3. The molecule has 0 N–H and O–H groups in total. The van der Waals surface area contributed by atoms with E-state index in [1.807, 2.05) is 0 Å². The highest BCUT2D eigenvalue weighted by Gasteiger charge is 2.22. The summed E-state index contributed by atoms with van der Waals surface area (Å²) in [6.45, 7) is 2.17. The number of benzene rings is 4. The first-order valence-electron chi connectivity index (χ1n) is 14.0. The van der Waals surface area contributed by atoms with E-state index in [0.717, 1.165) is 59.1 Å². The smallest absolute Gasteiger partial charge is 0.216 e. The lowest BCUT2D eigenvalue weighted by molar-refractivity contribution is -0.660. The average Bonchev–Trinajstić information content (AvgIpc) is 3.33. The third-order valence-electron chi connectivity index (χ3n) is 8.23. The Balaban J connectivity index is 1.37. The molecule has 2 aromatic heterocycles. The molecule has 2 heteroatoms. The maximum Gasteiger partial charge on any atom is 0.216 e. The van der Waals surface area contributed by atoms with Gasteiger partial charge in [-0.3, -0.25) is 0 Å². The summed E-state index contributed by atoms with van der Waals surface area (Å²) in [7, 11) is 2.10. The maximum atomic E-state index is 8.99. The summed E-state index contributed by atoms with van der Waals surface area (Å²) in [5, 5.41) is 4.78. The Morgan fingerprint density at radius 2 is 1.62 bits per heavy atom. The Morgan fingerprint density at radius 3 is 2.46 bits per heavy atom. The number of hydrogen-bond donors (Lipinski definition) is 0. The van der Waals surface area contributed by atoms with Gasteiger partial charge in [0.1, 0.15) is 18.2 Å². The number of pyridine rings is 1. The molecule has 0 spiro atoms. The molecule has 6 aromatic rings. The van der Waals surface area contributed by atoms with Crippen molar-refractivity contribution in [1.29, 1.82) is 0 Å². The van der Waals surface area contributed by atoms with Crippen molar-refractivity contribution in [3.63, 3.8) is 0 Å². The normalized spacial score (nSPS) is 15.9. The maximum absolute atomic E-state index is 8.99. The Hall–Kier alpha value is -3.91. The van der Waals surface area contributed by atoms with Crippen LogP contribution in [0.2, 0.25) is 0 Å². The molecule has 0 unspecified atom stereocenters. The first-order chi connectivity index (χ1) is 18.5. The van der Waals surface area contributed by atoms with E-state index in [1.54, 1.807) is 0 Å². The molecular formula is C35H32NO+. The van der Waals surface area contributed by atoms with Crippen LogP contribution in [-0.2, 0) is 7.05 Å². The van der Waals surface area contributed by atoms with Crippen molar-refractivity contribution in [3.05, 3.63) is 102 Å². The molecule has 2 nitrogen and oxygen atoms in total.